The molecular weight excluding hydrogens is 172 g/mol. The predicted molar refractivity (Wildman–Crippen MR) is 59.6 cm³/mol. The Labute approximate surface area is 86.8 Å². The molecule has 0 spiro atoms. The Morgan fingerprint density at radius 1 is 1.57 bits per heavy atom. The molecule has 1 unspecified atom stereocenters. The monoisotopic (exact) mass is 190 g/mol. The van der Waals surface area contributed by atoms with Gasteiger partial charge in [-0.3, -0.25) is 0 Å². The van der Waals surface area contributed by atoms with E-state index >= 15 is 0 Å². The van der Waals surface area contributed by atoms with E-state index in [0.717, 1.165) is 31.6 Å². The standard InChI is InChI=1S/C13H18O/c1-4-5-6-9-14-13-8-7-11(2)10-12(13)3/h1,7-8,12H,5-6,9-10H2,2-3H3. The maximum atomic E-state index is 5.67. The summed E-state index contributed by atoms with van der Waals surface area (Å²) in [6.45, 7) is 5.10. The van der Waals surface area contributed by atoms with Gasteiger partial charge in [-0.05, 0) is 25.8 Å². The van der Waals surface area contributed by atoms with Crippen LogP contribution in [0.2, 0.25) is 0 Å². The Bertz CT molecular complexity index is 278. The van der Waals surface area contributed by atoms with Gasteiger partial charge in [-0.15, -0.1) is 12.3 Å². The minimum absolute atomic E-state index is 0.519. The molecule has 0 aliphatic heterocycles. The molecule has 0 saturated heterocycles. The molecule has 1 rings (SSSR count). The van der Waals surface area contributed by atoms with Gasteiger partial charge in [0.25, 0.3) is 0 Å². The molecule has 0 aromatic carbocycles. The molecule has 0 saturated carbocycles. The van der Waals surface area contributed by atoms with E-state index < -0.39 is 0 Å². The average molecular weight is 190 g/mol. The first-order valence-corrected chi connectivity index (χ1v) is 5.17. The molecule has 0 amide bonds. The molecule has 76 valence electrons. The van der Waals surface area contributed by atoms with Gasteiger partial charge in [0, 0.05) is 12.3 Å². The van der Waals surface area contributed by atoms with Gasteiger partial charge in [0.05, 0.1) is 12.4 Å². The summed E-state index contributed by atoms with van der Waals surface area (Å²) in [5, 5.41) is 0. The summed E-state index contributed by atoms with van der Waals surface area (Å²) in [7, 11) is 0. The van der Waals surface area contributed by atoms with Crippen LogP contribution in [-0.4, -0.2) is 6.61 Å². The van der Waals surface area contributed by atoms with Gasteiger partial charge in [0.15, 0.2) is 0 Å². The molecule has 1 nitrogen and oxygen atoms in total. The molecule has 14 heavy (non-hydrogen) atoms. The number of unbranched alkanes of at least 4 members (excludes halogenated alkanes) is 1. The summed E-state index contributed by atoms with van der Waals surface area (Å²) in [4.78, 5) is 0. The minimum atomic E-state index is 0.519. The van der Waals surface area contributed by atoms with Crippen LogP contribution in [0.5, 0.6) is 0 Å². The number of ether oxygens (including phenoxy) is 1. The average Bonchev–Trinajstić information content (AvgIpc) is 2.15. The second-order valence-electron chi connectivity index (χ2n) is 3.84. The van der Waals surface area contributed by atoms with Crippen LogP contribution < -0.4 is 0 Å². The van der Waals surface area contributed by atoms with Crippen molar-refractivity contribution in [2.24, 2.45) is 5.92 Å². The van der Waals surface area contributed by atoms with Crippen molar-refractivity contribution in [1.29, 1.82) is 0 Å². The molecule has 1 heteroatoms. The molecule has 0 bridgehead atoms. The number of allylic oxidation sites excluding steroid dienone is 4. The van der Waals surface area contributed by atoms with Gasteiger partial charge in [-0.25, -0.2) is 0 Å². The number of hydrogen-bond donors (Lipinski definition) is 0. The first-order valence-electron chi connectivity index (χ1n) is 5.17. The van der Waals surface area contributed by atoms with Crippen LogP contribution in [0.15, 0.2) is 23.5 Å². The van der Waals surface area contributed by atoms with Crippen molar-refractivity contribution in [2.75, 3.05) is 6.61 Å². The summed E-state index contributed by atoms with van der Waals surface area (Å²) < 4.78 is 5.67. The lowest BCUT2D eigenvalue weighted by molar-refractivity contribution is 0.177. The fourth-order valence-corrected chi connectivity index (χ4v) is 1.59. The highest BCUT2D eigenvalue weighted by Crippen LogP contribution is 2.25. The van der Waals surface area contributed by atoms with Crippen LogP contribution in [0, 0.1) is 18.3 Å². The number of hydrogen-bond acceptors (Lipinski definition) is 1. The molecule has 0 N–H and O–H groups in total. The number of terminal acetylenes is 1. The van der Waals surface area contributed by atoms with E-state index in [1.54, 1.807) is 0 Å². The maximum Gasteiger partial charge on any atom is 0.0990 e. The molecule has 1 aliphatic rings. The van der Waals surface area contributed by atoms with E-state index in [-0.39, 0.29) is 0 Å². The third-order valence-corrected chi connectivity index (χ3v) is 2.38. The van der Waals surface area contributed by atoms with Crippen molar-refractivity contribution in [1.82, 2.24) is 0 Å². The summed E-state index contributed by atoms with van der Waals surface area (Å²) in [6, 6.07) is 0. The highest BCUT2D eigenvalue weighted by atomic mass is 16.5. The van der Waals surface area contributed by atoms with E-state index in [0.29, 0.717) is 5.92 Å². The van der Waals surface area contributed by atoms with E-state index in [1.165, 1.54) is 5.57 Å². The third kappa shape index (κ3) is 3.30. The second-order valence-corrected chi connectivity index (χ2v) is 3.84. The summed E-state index contributed by atoms with van der Waals surface area (Å²) in [5.74, 6) is 4.24. The third-order valence-electron chi connectivity index (χ3n) is 2.38. The zero-order valence-electron chi connectivity index (χ0n) is 9.05. The molecule has 0 aromatic rings. The predicted octanol–water partition coefficient (Wildman–Crippen LogP) is 3.29. The molecular formula is C13H18O. The Balaban J connectivity index is 2.34. The van der Waals surface area contributed by atoms with Crippen molar-refractivity contribution in [2.45, 2.75) is 33.1 Å². The Hall–Kier alpha value is -1.16. The van der Waals surface area contributed by atoms with Gasteiger partial charge in [0.1, 0.15) is 0 Å². The van der Waals surface area contributed by atoms with Crippen LogP contribution in [0.4, 0.5) is 0 Å². The topological polar surface area (TPSA) is 9.23 Å². The molecule has 0 aromatic heterocycles. The highest BCUT2D eigenvalue weighted by Gasteiger charge is 2.13. The van der Waals surface area contributed by atoms with Crippen LogP contribution in [0.25, 0.3) is 0 Å². The quantitative estimate of drug-likeness (QED) is 0.488. The lowest BCUT2D eigenvalue weighted by Crippen LogP contribution is -2.08. The van der Waals surface area contributed by atoms with Crippen LogP contribution in [0.3, 0.4) is 0 Å². The van der Waals surface area contributed by atoms with Gasteiger partial charge < -0.3 is 4.74 Å². The lowest BCUT2D eigenvalue weighted by Gasteiger charge is -2.20. The fraction of sp³-hybridized carbons (Fsp3) is 0.538. The zero-order chi connectivity index (χ0) is 10.4. The molecule has 1 atom stereocenters. The maximum absolute atomic E-state index is 5.67. The lowest BCUT2D eigenvalue weighted by atomic mass is 9.95. The van der Waals surface area contributed by atoms with Crippen molar-refractivity contribution in [3.05, 3.63) is 23.5 Å². The summed E-state index contributed by atoms with van der Waals surface area (Å²) >= 11 is 0. The first kappa shape index (κ1) is 10.9. The first-order chi connectivity index (χ1) is 6.74. The normalized spacial score (nSPS) is 20.8. The van der Waals surface area contributed by atoms with E-state index in [9.17, 15) is 0 Å². The smallest absolute Gasteiger partial charge is 0.0990 e. The van der Waals surface area contributed by atoms with Crippen molar-refractivity contribution < 1.29 is 4.74 Å². The van der Waals surface area contributed by atoms with Crippen LogP contribution in [-0.2, 0) is 4.74 Å². The summed E-state index contributed by atoms with van der Waals surface area (Å²) in [6.07, 6.45) is 12.2. The van der Waals surface area contributed by atoms with Gasteiger partial charge in [0.2, 0.25) is 0 Å². The number of rotatable bonds is 4. The van der Waals surface area contributed by atoms with Crippen molar-refractivity contribution in [3.63, 3.8) is 0 Å². The SMILES string of the molecule is C#CCCCOC1=CC=C(C)CC1C. The molecule has 0 heterocycles. The highest BCUT2D eigenvalue weighted by molar-refractivity contribution is 5.21. The van der Waals surface area contributed by atoms with Crippen molar-refractivity contribution >= 4 is 0 Å². The van der Waals surface area contributed by atoms with Crippen molar-refractivity contribution in [3.8, 4) is 12.3 Å². The van der Waals surface area contributed by atoms with E-state index in [2.05, 4.69) is 31.9 Å². The van der Waals surface area contributed by atoms with Gasteiger partial charge >= 0.3 is 0 Å². The van der Waals surface area contributed by atoms with E-state index in [4.69, 9.17) is 11.2 Å². The second kappa shape index (κ2) is 5.54. The fourth-order valence-electron chi connectivity index (χ4n) is 1.59. The van der Waals surface area contributed by atoms with Gasteiger partial charge in [-0.2, -0.15) is 0 Å². The Morgan fingerprint density at radius 2 is 2.36 bits per heavy atom. The molecule has 0 fully saturated rings. The molecule has 0 radical (unpaired) electrons. The molecule has 1 aliphatic carbocycles. The van der Waals surface area contributed by atoms with Gasteiger partial charge in [-0.1, -0.05) is 18.6 Å². The summed E-state index contributed by atoms with van der Waals surface area (Å²) in [5.41, 5.74) is 1.42. The van der Waals surface area contributed by atoms with Crippen LogP contribution >= 0.6 is 0 Å². The minimum Gasteiger partial charge on any atom is -0.498 e. The largest absolute Gasteiger partial charge is 0.498 e. The van der Waals surface area contributed by atoms with Crippen LogP contribution in [0.1, 0.15) is 33.1 Å². The Morgan fingerprint density at radius 3 is 3.00 bits per heavy atom. The van der Waals surface area contributed by atoms with E-state index in [1.807, 2.05) is 0 Å². The zero-order valence-corrected chi connectivity index (χ0v) is 9.05. The Kier molecular flexibility index (Phi) is 4.32.